The second-order valence-corrected chi connectivity index (χ2v) is 6.31. The van der Waals surface area contributed by atoms with Gasteiger partial charge in [0.15, 0.2) is 9.84 Å². The highest BCUT2D eigenvalue weighted by Crippen LogP contribution is 2.20. The molecule has 0 bridgehead atoms. The fourth-order valence-corrected chi connectivity index (χ4v) is 2.55. The van der Waals surface area contributed by atoms with E-state index in [9.17, 15) is 13.2 Å². The molecule has 0 aromatic heterocycles. The van der Waals surface area contributed by atoms with Crippen LogP contribution in [0.15, 0.2) is 29.2 Å². The van der Waals surface area contributed by atoms with E-state index in [2.05, 4.69) is 4.90 Å². The predicted molar refractivity (Wildman–Crippen MR) is 66.0 cm³/mol. The number of carbonyl (C=O) groups is 1. The molecule has 1 aromatic rings. The average Bonchev–Trinajstić information content (AvgIpc) is 2.29. The molecule has 0 radical (unpaired) electrons. The molecule has 2 rings (SSSR count). The standard InChI is InChI=1S/C12H15NO3S/c1-17(15,16)12-4-2-10(3-5-12)13-8-6-11(14)7-9-13/h2-5H,6-9H2,1H3. The van der Waals surface area contributed by atoms with E-state index in [0.29, 0.717) is 23.5 Å². The Morgan fingerprint density at radius 3 is 2.06 bits per heavy atom. The minimum Gasteiger partial charge on any atom is -0.371 e. The van der Waals surface area contributed by atoms with Crippen LogP contribution in [0.5, 0.6) is 0 Å². The van der Waals surface area contributed by atoms with Gasteiger partial charge in [0.25, 0.3) is 0 Å². The summed E-state index contributed by atoms with van der Waals surface area (Å²) in [5.41, 5.74) is 0.977. The van der Waals surface area contributed by atoms with Gasteiger partial charge < -0.3 is 4.90 Å². The number of carbonyl (C=O) groups excluding carboxylic acids is 1. The number of hydrogen-bond donors (Lipinski definition) is 0. The third-order valence-corrected chi connectivity index (χ3v) is 4.08. The number of ketones is 1. The van der Waals surface area contributed by atoms with Crippen LogP contribution in [0.1, 0.15) is 12.8 Å². The van der Waals surface area contributed by atoms with E-state index in [-0.39, 0.29) is 0 Å². The molecule has 5 heteroatoms. The van der Waals surface area contributed by atoms with Crippen molar-refractivity contribution in [2.24, 2.45) is 0 Å². The van der Waals surface area contributed by atoms with Crippen LogP contribution < -0.4 is 4.90 Å². The summed E-state index contributed by atoms with van der Waals surface area (Å²) in [5, 5.41) is 0. The number of rotatable bonds is 2. The molecule has 92 valence electrons. The Bertz CT molecular complexity index is 509. The Balaban J connectivity index is 2.16. The van der Waals surface area contributed by atoms with Crippen molar-refractivity contribution in [1.29, 1.82) is 0 Å². The Hall–Kier alpha value is -1.36. The largest absolute Gasteiger partial charge is 0.371 e. The number of piperidine rings is 1. The summed E-state index contributed by atoms with van der Waals surface area (Å²) in [6.07, 6.45) is 2.35. The minimum atomic E-state index is -3.13. The second kappa shape index (κ2) is 4.49. The van der Waals surface area contributed by atoms with Crippen LogP contribution in [0, 0.1) is 0 Å². The quantitative estimate of drug-likeness (QED) is 0.796. The molecular formula is C12H15NO3S. The molecule has 4 nitrogen and oxygen atoms in total. The van der Waals surface area contributed by atoms with Crippen molar-refractivity contribution in [3.05, 3.63) is 24.3 Å². The van der Waals surface area contributed by atoms with Gasteiger partial charge in [0.2, 0.25) is 0 Å². The summed E-state index contributed by atoms with van der Waals surface area (Å²) in [4.78, 5) is 13.6. The highest BCUT2D eigenvalue weighted by molar-refractivity contribution is 7.90. The maximum Gasteiger partial charge on any atom is 0.175 e. The average molecular weight is 253 g/mol. The summed E-state index contributed by atoms with van der Waals surface area (Å²) in [7, 11) is -3.13. The van der Waals surface area contributed by atoms with Crippen LogP contribution >= 0.6 is 0 Å². The lowest BCUT2D eigenvalue weighted by Crippen LogP contribution is -2.33. The van der Waals surface area contributed by atoms with Gasteiger partial charge in [-0.2, -0.15) is 0 Å². The number of nitrogens with zero attached hydrogens (tertiary/aromatic N) is 1. The van der Waals surface area contributed by atoms with E-state index >= 15 is 0 Å². The van der Waals surface area contributed by atoms with Crippen LogP contribution in [0.4, 0.5) is 5.69 Å². The number of Topliss-reactive ketones (excluding diaryl/α,β-unsaturated/α-hetero) is 1. The molecule has 1 aliphatic rings. The van der Waals surface area contributed by atoms with Crippen LogP contribution in [-0.4, -0.2) is 33.5 Å². The molecule has 1 fully saturated rings. The lowest BCUT2D eigenvalue weighted by atomic mass is 10.1. The molecule has 0 unspecified atom stereocenters. The Labute approximate surface area is 101 Å². The third kappa shape index (κ3) is 2.85. The van der Waals surface area contributed by atoms with E-state index in [1.54, 1.807) is 24.3 Å². The van der Waals surface area contributed by atoms with E-state index in [1.165, 1.54) is 6.26 Å². The lowest BCUT2D eigenvalue weighted by Gasteiger charge is -2.28. The van der Waals surface area contributed by atoms with Crippen LogP contribution in [0.3, 0.4) is 0 Å². The second-order valence-electron chi connectivity index (χ2n) is 4.29. The van der Waals surface area contributed by atoms with Gasteiger partial charge in [-0.3, -0.25) is 4.79 Å². The monoisotopic (exact) mass is 253 g/mol. The number of sulfone groups is 1. The molecule has 1 aromatic carbocycles. The van der Waals surface area contributed by atoms with Gasteiger partial charge in [-0.15, -0.1) is 0 Å². The first-order chi connectivity index (χ1) is 7.97. The fourth-order valence-electron chi connectivity index (χ4n) is 1.92. The smallest absolute Gasteiger partial charge is 0.175 e. The Morgan fingerprint density at radius 1 is 1.06 bits per heavy atom. The molecule has 0 N–H and O–H groups in total. The van der Waals surface area contributed by atoms with Crippen molar-refractivity contribution in [2.45, 2.75) is 17.7 Å². The fraction of sp³-hybridized carbons (Fsp3) is 0.417. The lowest BCUT2D eigenvalue weighted by molar-refractivity contribution is -0.119. The van der Waals surface area contributed by atoms with Gasteiger partial charge in [-0.05, 0) is 24.3 Å². The molecule has 17 heavy (non-hydrogen) atoms. The van der Waals surface area contributed by atoms with Crippen molar-refractivity contribution in [3.63, 3.8) is 0 Å². The molecule has 0 aliphatic carbocycles. The first kappa shape index (κ1) is 12.1. The SMILES string of the molecule is CS(=O)(=O)c1ccc(N2CCC(=O)CC2)cc1. The van der Waals surface area contributed by atoms with Gasteiger partial charge >= 0.3 is 0 Å². The van der Waals surface area contributed by atoms with E-state index < -0.39 is 9.84 Å². The summed E-state index contributed by atoms with van der Waals surface area (Å²) in [6, 6.07) is 6.82. The summed E-state index contributed by atoms with van der Waals surface area (Å²) < 4.78 is 22.6. The van der Waals surface area contributed by atoms with E-state index in [1.807, 2.05) is 0 Å². The molecule has 0 atom stereocenters. The predicted octanol–water partition coefficient (Wildman–Crippen LogP) is 1.26. The van der Waals surface area contributed by atoms with Crippen molar-refractivity contribution in [1.82, 2.24) is 0 Å². The Morgan fingerprint density at radius 2 is 1.59 bits per heavy atom. The molecule has 1 saturated heterocycles. The van der Waals surface area contributed by atoms with E-state index in [0.717, 1.165) is 18.8 Å². The highest BCUT2D eigenvalue weighted by Gasteiger charge is 2.16. The van der Waals surface area contributed by atoms with Crippen molar-refractivity contribution in [3.8, 4) is 0 Å². The van der Waals surface area contributed by atoms with Gasteiger partial charge in [0.05, 0.1) is 4.90 Å². The van der Waals surface area contributed by atoms with Gasteiger partial charge in [0, 0.05) is 37.9 Å². The van der Waals surface area contributed by atoms with Gasteiger partial charge in [-0.25, -0.2) is 8.42 Å². The minimum absolute atomic E-state index is 0.300. The van der Waals surface area contributed by atoms with Gasteiger partial charge in [0.1, 0.15) is 5.78 Å². The summed E-state index contributed by atoms with van der Waals surface area (Å²) in [5.74, 6) is 0.300. The number of hydrogen-bond acceptors (Lipinski definition) is 4. The zero-order valence-electron chi connectivity index (χ0n) is 9.72. The van der Waals surface area contributed by atoms with Crippen LogP contribution in [-0.2, 0) is 14.6 Å². The molecular weight excluding hydrogens is 238 g/mol. The number of anilines is 1. The number of benzene rings is 1. The zero-order chi connectivity index (χ0) is 12.5. The molecule has 0 spiro atoms. The summed E-state index contributed by atoms with van der Waals surface area (Å²) >= 11 is 0. The van der Waals surface area contributed by atoms with Crippen molar-refractivity contribution >= 4 is 21.3 Å². The van der Waals surface area contributed by atoms with Crippen molar-refractivity contribution < 1.29 is 13.2 Å². The van der Waals surface area contributed by atoms with E-state index in [4.69, 9.17) is 0 Å². The maximum atomic E-state index is 11.3. The zero-order valence-corrected chi connectivity index (χ0v) is 10.5. The first-order valence-corrected chi connectivity index (χ1v) is 7.43. The third-order valence-electron chi connectivity index (χ3n) is 2.95. The van der Waals surface area contributed by atoms with Crippen LogP contribution in [0.25, 0.3) is 0 Å². The van der Waals surface area contributed by atoms with Crippen LogP contribution in [0.2, 0.25) is 0 Å². The normalized spacial score (nSPS) is 17.2. The van der Waals surface area contributed by atoms with Crippen molar-refractivity contribution in [2.75, 3.05) is 24.2 Å². The molecule has 1 heterocycles. The Kier molecular flexibility index (Phi) is 3.19. The molecule has 1 aliphatic heterocycles. The highest BCUT2D eigenvalue weighted by atomic mass is 32.2. The van der Waals surface area contributed by atoms with Gasteiger partial charge in [-0.1, -0.05) is 0 Å². The maximum absolute atomic E-state index is 11.3. The molecule has 0 saturated carbocycles. The molecule has 0 amide bonds. The summed E-state index contributed by atoms with van der Waals surface area (Å²) in [6.45, 7) is 1.44. The first-order valence-electron chi connectivity index (χ1n) is 5.53. The topological polar surface area (TPSA) is 54.5 Å².